The Kier molecular flexibility index (Phi) is 13.7. The number of nitrogens with zero attached hydrogens (tertiary/aromatic N) is 1. The zero-order chi connectivity index (χ0) is 28.8. The summed E-state index contributed by atoms with van der Waals surface area (Å²) in [5.74, 6) is -1.74. The highest BCUT2D eigenvalue weighted by molar-refractivity contribution is 5.93. The Hall–Kier alpha value is -3.82. The van der Waals surface area contributed by atoms with Gasteiger partial charge in [-0.05, 0) is 36.5 Å². The molecule has 0 heterocycles. The number of rotatable bonds is 15. The number of methoxy groups -OCH3 is 1. The van der Waals surface area contributed by atoms with Crippen LogP contribution in [0.3, 0.4) is 0 Å². The highest BCUT2D eigenvalue weighted by Gasteiger charge is 2.40. The Morgan fingerprint density at radius 3 is 2.16 bits per heavy atom. The lowest BCUT2D eigenvalue weighted by atomic mass is 9.93. The van der Waals surface area contributed by atoms with Gasteiger partial charge in [0, 0.05) is 0 Å². The molecule has 0 fully saturated rings. The minimum Gasteiger partial charge on any atom is -0.497 e. The largest absolute Gasteiger partial charge is 0.497 e. The fourth-order valence-corrected chi connectivity index (χ4v) is 3.83. The van der Waals surface area contributed by atoms with Crippen LogP contribution < -0.4 is 15.4 Å². The van der Waals surface area contributed by atoms with E-state index in [1.54, 1.807) is 52.8 Å². The van der Waals surface area contributed by atoms with Gasteiger partial charge in [-0.2, -0.15) is 0 Å². The summed E-state index contributed by atoms with van der Waals surface area (Å²) in [7, 11) is 1.54. The number of ether oxygens (including phenoxy) is 3. The zero-order valence-corrected chi connectivity index (χ0v) is 23.2. The topological polar surface area (TPSA) is 123 Å². The Morgan fingerprint density at radius 2 is 1.61 bits per heavy atom. The number of alkyl carbamates (subject to hydrolysis) is 1. The van der Waals surface area contributed by atoms with E-state index in [2.05, 4.69) is 23.8 Å². The summed E-state index contributed by atoms with van der Waals surface area (Å²) in [4.78, 5) is 53.4. The quantitative estimate of drug-likeness (QED) is 0.263. The third-order valence-corrected chi connectivity index (χ3v) is 5.76. The van der Waals surface area contributed by atoms with Gasteiger partial charge >= 0.3 is 12.1 Å². The van der Waals surface area contributed by atoms with Crippen LogP contribution in [0.5, 0.6) is 5.75 Å². The van der Waals surface area contributed by atoms with Crippen LogP contribution in [0.2, 0.25) is 0 Å². The molecule has 0 saturated heterocycles. The SMILES string of the molecule is C=CCOC(=O)CNC(=O)[C@H](C(C)C)N(C(=O)[C@@H](NC(=O)OCC=C)C(C)C)[C@@H](C)c1cccc(OC)c1. The van der Waals surface area contributed by atoms with Crippen LogP contribution in [0, 0.1) is 11.8 Å². The monoisotopic (exact) mass is 531 g/mol. The van der Waals surface area contributed by atoms with Gasteiger partial charge in [0.1, 0.15) is 37.6 Å². The van der Waals surface area contributed by atoms with Gasteiger partial charge in [-0.15, -0.1) is 0 Å². The second kappa shape index (κ2) is 16.1. The highest BCUT2D eigenvalue weighted by Crippen LogP contribution is 2.30. The van der Waals surface area contributed by atoms with Crippen LogP contribution in [0.4, 0.5) is 4.79 Å². The molecular formula is C28H41N3O7. The first-order valence-electron chi connectivity index (χ1n) is 12.5. The van der Waals surface area contributed by atoms with Crippen molar-refractivity contribution in [2.75, 3.05) is 26.9 Å². The molecular weight excluding hydrogens is 490 g/mol. The maximum atomic E-state index is 14.1. The summed E-state index contributed by atoms with van der Waals surface area (Å²) >= 11 is 0. The molecule has 0 aliphatic carbocycles. The molecule has 3 atom stereocenters. The molecule has 10 heteroatoms. The summed E-state index contributed by atoms with van der Waals surface area (Å²) in [5, 5.41) is 5.21. The second-order valence-corrected chi connectivity index (χ2v) is 9.33. The van der Waals surface area contributed by atoms with Crippen molar-refractivity contribution in [2.45, 2.75) is 52.7 Å². The lowest BCUT2D eigenvalue weighted by molar-refractivity contribution is -0.148. The van der Waals surface area contributed by atoms with E-state index in [-0.39, 0.29) is 31.6 Å². The average Bonchev–Trinajstić information content (AvgIpc) is 2.89. The van der Waals surface area contributed by atoms with E-state index in [0.29, 0.717) is 5.75 Å². The lowest BCUT2D eigenvalue weighted by Gasteiger charge is -2.40. The van der Waals surface area contributed by atoms with E-state index >= 15 is 0 Å². The number of carbonyl (C=O) groups is 4. The predicted molar refractivity (Wildman–Crippen MR) is 144 cm³/mol. The fraction of sp³-hybridized carbons (Fsp3) is 0.500. The van der Waals surface area contributed by atoms with Gasteiger partial charge in [0.25, 0.3) is 0 Å². The first-order chi connectivity index (χ1) is 18.0. The molecule has 10 nitrogen and oxygen atoms in total. The normalized spacial score (nSPS) is 13.1. The molecule has 0 bridgehead atoms. The summed E-state index contributed by atoms with van der Waals surface area (Å²) in [6.45, 7) is 15.6. The second-order valence-electron chi connectivity index (χ2n) is 9.33. The van der Waals surface area contributed by atoms with Crippen molar-refractivity contribution in [1.82, 2.24) is 15.5 Å². The van der Waals surface area contributed by atoms with Crippen molar-refractivity contribution in [3.63, 3.8) is 0 Å². The van der Waals surface area contributed by atoms with Gasteiger partial charge < -0.3 is 29.7 Å². The number of esters is 1. The van der Waals surface area contributed by atoms with Crippen LogP contribution in [-0.4, -0.2) is 67.7 Å². The van der Waals surface area contributed by atoms with Gasteiger partial charge in [0.2, 0.25) is 11.8 Å². The molecule has 0 saturated carbocycles. The van der Waals surface area contributed by atoms with Crippen molar-refractivity contribution in [3.8, 4) is 5.75 Å². The number of nitrogens with one attached hydrogen (secondary N) is 2. The minimum atomic E-state index is -0.994. The smallest absolute Gasteiger partial charge is 0.408 e. The fourth-order valence-electron chi connectivity index (χ4n) is 3.83. The highest BCUT2D eigenvalue weighted by atomic mass is 16.5. The molecule has 1 aromatic rings. The molecule has 1 aromatic carbocycles. The molecule has 2 N–H and O–H groups in total. The molecule has 0 aliphatic heterocycles. The third-order valence-electron chi connectivity index (χ3n) is 5.76. The summed E-state index contributed by atoms with van der Waals surface area (Å²) in [6.07, 6.45) is 2.06. The molecule has 38 heavy (non-hydrogen) atoms. The lowest BCUT2D eigenvalue weighted by Crippen LogP contribution is -2.59. The van der Waals surface area contributed by atoms with Crippen LogP contribution in [0.15, 0.2) is 49.6 Å². The molecule has 0 aliphatic rings. The van der Waals surface area contributed by atoms with Crippen molar-refractivity contribution in [3.05, 3.63) is 55.1 Å². The maximum Gasteiger partial charge on any atom is 0.408 e. The molecule has 0 unspecified atom stereocenters. The number of hydrogen-bond acceptors (Lipinski definition) is 7. The van der Waals surface area contributed by atoms with Crippen LogP contribution in [-0.2, 0) is 23.9 Å². The zero-order valence-electron chi connectivity index (χ0n) is 23.2. The minimum absolute atomic E-state index is 0.0174. The summed E-state index contributed by atoms with van der Waals surface area (Å²) in [5.41, 5.74) is 0.721. The van der Waals surface area contributed by atoms with Gasteiger partial charge in [0.05, 0.1) is 13.2 Å². The number of carbonyl (C=O) groups excluding carboxylic acids is 4. The third kappa shape index (κ3) is 9.57. The van der Waals surface area contributed by atoms with Gasteiger partial charge in [-0.3, -0.25) is 14.4 Å². The van der Waals surface area contributed by atoms with Gasteiger partial charge in [-0.1, -0.05) is 65.1 Å². The Bertz CT molecular complexity index is 977. The van der Waals surface area contributed by atoms with E-state index in [1.165, 1.54) is 24.2 Å². The molecule has 0 spiro atoms. The average molecular weight is 532 g/mol. The van der Waals surface area contributed by atoms with Crippen molar-refractivity contribution in [2.24, 2.45) is 11.8 Å². The number of benzene rings is 1. The van der Waals surface area contributed by atoms with Crippen molar-refractivity contribution >= 4 is 23.9 Å². The number of hydrogen-bond donors (Lipinski definition) is 2. The van der Waals surface area contributed by atoms with Crippen LogP contribution >= 0.6 is 0 Å². The molecule has 210 valence electrons. The molecule has 1 rings (SSSR count). The van der Waals surface area contributed by atoms with E-state index in [9.17, 15) is 19.2 Å². The summed E-state index contributed by atoms with van der Waals surface area (Å²) in [6, 6.07) is 4.59. The van der Waals surface area contributed by atoms with Gasteiger partial charge in [-0.25, -0.2) is 4.79 Å². The molecule has 3 amide bonds. The summed E-state index contributed by atoms with van der Waals surface area (Å²) < 4.78 is 15.3. The first kappa shape index (κ1) is 32.2. The first-order valence-corrected chi connectivity index (χ1v) is 12.5. The van der Waals surface area contributed by atoms with E-state index in [4.69, 9.17) is 14.2 Å². The Labute approximate surface area is 225 Å². The van der Waals surface area contributed by atoms with E-state index in [1.807, 2.05) is 6.07 Å². The van der Waals surface area contributed by atoms with E-state index in [0.717, 1.165) is 5.56 Å². The predicted octanol–water partition coefficient (Wildman–Crippen LogP) is 3.39. The van der Waals surface area contributed by atoms with Crippen LogP contribution in [0.1, 0.15) is 46.2 Å². The maximum absolute atomic E-state index is 14.1. The Balaban J connectivity index is 3.47. The number of amides is 3. The van der Waals surface area contributed by atoms with Crippen molar-refractivity contribution < 1.29 is 33.4 Å². The van der Waals surface area contributed by atoms with Crippen LogP contribution in [0.25, 0.3) is 0 Å². The molecule has 0 radical (unpaired) electrons. The van der Waals surface area contributed by atoms with E-state index < -0.39 is 42.0 Å². The standard InChI is InChI=1S/C28H41N3O7/c1-9-14-37-23(32)17-29-26(33)25(19(5)6)31(20(7)21-12-11-13-22(16-21)36-8)27(34)24(18(3)4)30-28(35)38-15-10-2/h9-13,16,18-20,24-25H,1-2,14-15,17H2,3-8H3,(H,29,33)(H,30,35)/t20-,24-,25-/m0/s1. The Morgan fingerprint density at radius 1 is 0.974 bits per heavy atom. The van der Waals surface area contributed by atoms with Gasteiger partial charge in [0.15, 0.2) is 0 Å². The molecule has 0 aromatic heterocycles. The van der Waals surface area contributed by atoms with Crippen molar-refractivity contribution in [1.29, 1.82) is 0 Å².